The zero-order chi connectivity index (χ0) is 10.8. The van der Waals surface area contributed by atoms with E-state index in [1.165, 1.54) is 11.3 Å². The number of rotatable bonds is 2. The summed E-state index contributed by atoms with van der Waals surface area (Å²) in [6.07, 6.45) is 1.07. The maximum atomic E-state index is 3.33. The fourth-order valence-electron chi connectivity index (χ4n) is 1.55. The maximum absolute atomic E-state index is 3.33. The van der Waals surface area contributed by atoms with Crippen LogP contribution in [0.4, 0.5) is 5.69 Å². The minimum atomic E-state index is 0.322. The van der Waals surface area contributed by atoms with Crippen LogP contribution in [0.5, 0.6) is 0 Å². The Hall–Kier alpha value is -0.980. The molecule has 0 saturated carbocycles. The molecule has 1 nitrogen and oxygen atoms in total. The molecular formula is C13H20N. The van der Waals surface area contributed by atoms with E-state index in [2.05, 4.69) is 51.9 Å². The molecule has 0 N–H and O–H groups in total. The van der Waals surface area contributed by atoms with Crippen molar-refractivity contribution in [2.24, 2.45) is 5.41 Å². The number of benzene rings is 1. The molecule has 0 atom stereocenters. The van der Waals surface area contributed by atoms with Gasteiger partial charge in [-0.1, -0.05) is 32.9 Å². The van der Waals surface area contributed by atoms with Crippen molar-refractivity contribution in [2.75, 3.05) is 19.0 Å². The Morgan fingerprint density at radius 3 is 2.43 bits per heavy atom. The van der Waals surface area contributed by atoms with Gasteiger partial charge in [0, 0.05) is 19.8 Å². The standard InChI is InChI=1S/C13H20N/c1-13(2,3)10-11-8-6-7-9-12(11)14(4)5/h6-7,9H,10H2,1-5H3. The van der Waals surface area contributed by atoms with Crippen molar-refractivity contribution in [3.05, 3.63) is 29.8 Å². The molecule has 0 spiro atoms. The van der Waals surface area contributed by atoms with Gasteiger partial charge in [-0.2, -0.15) is 0 Å². The summed E-state index contributed by atoms with van der Waals surface area (Å²) in [5.74, 6) is 0. The largest absolute Gasteiger partial charge is 0.377 e. The number of hydrogen-bond donors (Lipinski definition) is 0. The summed E-state index contributed by atoms with van der Waals surface area (Å²) in [4.78, 5) is 2.15. The topological polar surface area (TPSA) is 3.24 Å². The molecule has 0 aromatic heterocycles. The van der Waals surface area contributed by atoms with E-state index in [0.29, 0.717) is 5.41 Å². The van der Waals surface area contributed by atoms with E-state index in [1.54, 1.807) is 0 Å². The van der Waals surface area contributed by atoms with Crippen molar-refractivity contribution < 1.29 is 0 Å². The van der Waals surface area contributed by atoms with Crippen LogP contribution in [0.1, 0.15) is 26.3 Å². The van der Waals surface area contributed by atoms with Crippen LogP contribution in [0.25, 0.3) is 0 Å². The molecule has 0 bridgehead atoms. The lowest BCUT2D eigenvalue weighted by atomic mass is 9.87. The SMILES string of the molecule is CN(C)c1ccc[c]c1CC(C)(C)C. The lowest BCUT2D eigenvalue weighted by Crippen LogP contribution is -2.15. The van der Waals surface area contributed by atoms with E-state index >= 15 is 0 Å². The zero-order valence-electron chi connectivity index (χ0n) is 9.89. The summed E-state index contributed by atoms with van der Waals surface area (Å²) in [6.45, 7) is 6.77. The average molecular weight is 190 g/mol. The van der Waals surface area contributed by atoms with Crippen LogP contribution >= 0.6 is 0 Å². The Balaban J connectivity index is 2.96. The molecule has 1 rings (SSSR count). The highest BCUT2D eigenvalue weighted by atomic mass is 15.1. The Kier molecular flexibility index (Phi) is 3.20. The van der Waals surface area contributed by atoms with Crippen LogP contribution in [0, 0.1) is 11.5 Å². The normalized spacial score (nSPS) is 11.5. The summed E-state index contributed by atoms with van der Waals surface area (Å²) in [5, 5.41) is 0. The van der Waals surface area contributed by atoms with Crippen molar-refractivity contribution >= 4 is 5.69 Å². The molecule has 0 aliphatic heterocycles. The first-order valence-electron chi connectivity index (χ1n) is 5.07. The van der Waals surface area contributed by atoms with E-state index in [1.807, 2.05) is 12.1 Å². The van der Waals surface area contributed by atoms with Gasteiger partial charge in [0.2, 0.25) is 0 Å². The predicted octanol–water partition coefficient (Wildman–Crippen LogP) is 3.14. The van der Waals surface area contributed by atoms with E-state index in [0.717, 1.165) is 6.42 Å². The van der Waals surface area contributed by atoms with Crippen molar-refractivity contribution in [3.63, 3.8) is 0 Å². The molecule has 0 aliphatic rings. The number of anilines is 1. The van der Waals surface area contributed by atoms with Crippen LogP contribution in [0.15, 0.2) is 18.2 Å². The second-order valence-electron chi connectivity index (χ2n) is 5.17. The van der Waals surface area contributed by atoms with Gasteiger partial charge in [-0.25, -0.2) is 0 Å². The molecule has 1 aromatic carbocycles. The van der Waals surface area contributed by atoms with Gasteiger partial charge in [-0.05, 0) is 29.5 Å². The minimum absolute atomic E-state index is 0.322. The molecule has 0 fully saturated rings. The van der Waals surface area contributed by atoms with Crippen LogP contribution in [-0.4, -0.2) is 14.1 Å². The summed E-state index contributed by atoms with van der Waals surface area (Å²) >= 11 is 0. The monoisotopic (exact) mass is 190 g/mol. The predicted molar refractivity (Wildman–Crippen MR) is 62.8 cm³/mol. The summed E-state index contributed by atoms with van der Waals surface area (Å²) in [7, 11) is 4.16. The van der Waals surface area contributed by atoms with E-state index in [-0.39, 0.29) is 0 Å². The van der Waals surface area contributed by atoms with Crippen molar-refractivity contribution in [2.45, 2.75) is 27.2 Å². The van der Waals surface area contributed by atoms with Gasteiger partial charge >= 0.3 is 0 Å². The van der Waals surface area contributed by atoms with Crippen LogP contribution in [-0.2, 0) is 6.42 Å². The summed E-state index contributed by atoms with van der Waals surface area (Å²) in [5.41, 5.74) is 2.91. The van der Waals surface area contributed by atoms with E-state index < -0.39 is 0 Å². The third-order valence-corrected chi connectivity index (χ3v) is 2.11. The highest BCUT2D eigenvalue weighted by Gasteiger charge is 2.14. The van der Waals surface area contributed by atoms with Crippen molar-refractivity contribution in [3.8, 4) is 0 Å². The molecule has 0 saturated heterocycles. The molecule has 77 valence electrons. The van der Waals surface area contributed by atoms with Crippen molar-refractivity contribution in [1.29, 1.82) is 0 Å². The third kappa shape index (κ3) is 3.06. The molecule has 1 aromatic rings. The molecule has 0 amide bonds. The van der Waals surface area contributed by atoms with Gasteiger partial charge in [-0.3, -0.25) is 0 Å². The Morgan fingerprint density at radius 2 is 1.93 bits per heavy atom. The second kappa shape index (κ2) is 4.04. The van der Waals surface area contributed by atoms with Gasteiger partial charge in [-0.15, -0.1) is 0 Å². The van der Waals surface area contributed by atoms with Gasteiger partial charge in [0.15, 0.2) is 0 Å². The Labute approximate surface area is 87.7 Å². The Bertz CT molecular complexity index is 294. The lowest BCUT2D eigenvalue weighted by molar-refractivity contribution is 0.411. The second-order valence-corrected chi connectivity index (χ2v) is 5.17. The molecule has 1 radical (unpaired) electrons. The summed E-state index contributed by atoms with van der Waals surface area (Å²) in [6, 6.07) is 9.52. The smallest absolute Gasteiger partial charge is 0.0400 e. The van der Waals surface area contributed by atoms with E-state index in [4.69, 9.17) is 0 Å². The first kappa shape index (κ1) is 11.1. The summed E-state index contributed by atoms with van der Waals surface area (Å²) < 4.78 is 0. The van der Waals surface area contributed by atoms with Gasteiger partial charge < -0.3 is 4.90 Å². The van der Waals surface area contributed by atoms with Crippen LogP contribution in [0.2, 0.25) is 0 Å². The van der Waals surface area contributed by atoms with Crippen LogP contribution < -0.4 is 4.90 Å². The highest BCUT2D eigenvalue weighted by Crippen LogP contribution is 2.26. The number of nitrogens with zero attached hydrogens (tertiary/aromatic N) is 1. The number of hydrogen-bond acceptors (Lipinski definition) is 1. The minimum Gasteiger partial charge on any atom is -0.377 e. The quantitative estimate of drug-likeness (QED) is 0.692. The first-order valence-corrected chi connectivity index (χ1v) is 5.07. The van der Waals surface area contributed by atoms with Gasteiger partial charge in [0.05, 0.1) is 0 Å². The molecule has 0 unspecified atom stereocenters. The van der Waals surface area contributed by atoms with Gasteiger partial charge in [0.1, 0.15) is 0 Å². The van der Waals surface area contributed by atoms with Gasteiger partial charge in [0.25, 0.3) is 0 Å². The Morgan fingerprint density at radius 1 is 1.29 bits per heavy atom. The molecule has 1 heteroatoms. The fourth-order valence-corrected chi connectivity index (χ4v) is 1.55. The van der Waals surface area contributed by atoms with Crippen molar-refractivity contribution in [1.82, 2.24) is 0 Å². The van der Waals surface area contributed by atoms with E-state index in [9.17, 15) is 0 Å². The zero-order valence-corrected chi connectivity index (χ0v) is 9.89. The maximum Gasteiger partial charge on any atom is 0.0400 e. The molecular weight excluding hydrogens is 170 g/mol. The molecule has 0 aliphatic carbocycles. The third-order valence-electron chi connectivity index (χ3n) is 2.11. The molecule has 0 heterocycles. The average Bonchev–Trinajstić information content (AvgIpc) is 2.01. The highest BCUT2D eigenvalue weighted by molar-refractivity contribution is 5.52. The molecule has 14 heavy (non-hydrogen) atoms. The van der Waals surface area contributed by atoms with Crippen LogP contribution in [0.3, 0.4) is 0 Å². The lowest BCUT2D eigenvalue weighted by Gasteiger charge is -2.23. The first-order chi connectivity index (χ1) is 6.40. The fraction of sp³-hybridized carbons (Fsp3) is 0.538.